The number of rotatable bonds is 6. The van der Waals surface area contributed by atoms with Crippen LogP contribution in [0.1, 0.15) is 31.5 Å². The van der Waals surface area contributed by atoms with Crippen molar-refractivity contribution in [2.45, 2.75) is 38.8 Å². The molecule has 5 rings (SSSR count). The Bertz CT molecular complexity index is 1230. The minimum absolute atomic E-state index is 0.103. The highest BCUT2D eigenvalue weighted by atomic mass is 19.1. The van der Waals surface area contributed by atoms with E-state index in [2.05, 4.69) is 10.3 Å². The number of aromatic nitrogens is 1. The molecule has 0 bridgehead atoms. The minimum atomic E-state index is -0.551. The molecule has 1 atom stereocenters. The maximum atomic E-state index is 14.9. The zero-order valence-corrected chi connectivity index (χ0v) is 19.8. The molecule has 1 N–H and O–H groups in total. The van der Waals surface area contributed by atoms with Gasteiger partial charge in [0.1, 0.15) is 18.2 Å². The number of hydrogen-bond acceptors (Lipinski definition) is 5. The van der Waals surface area contributed by atoms with Gasteiger partial charge in [-0.3, -0.25) is 4.98 Å². The van der Waals surface area contributed by atoms with E-state index in [9.17, 15) is 13.2 Å². The summed E-state index contributed by atoms with van der Waals surface area (Å²) in [6.07, 6.45) is 2.28. The molecular formula is C27H28F3N3O2. The SMILES string of the molecule is CC(C)N1CCOc2c(F)cc(-c3cc(Cc4ccc(NC5CCOC5)c(F)c4)ncc3F)cc21. The number of halogens is 3. The number of pyridine rings is 1. The van der Waals surface area contributed by atoms with E-state index < -0.39 is 11.6 Å². The Morgan fingerprint density at radius 2 is 1.91 bits per heavy atom. The predicted octanol–water partition coefficient (Wildman–Crippen LogP) is 5.56. The number of benzene rings is 2. The third-order valence-electron chi connectivity index (χ3n) is 6.47. The van der Waals surface area contributed by atoms with Crippen LogP contribution in [0.5, 0.6) is 5.75 Å². The highest BCUT2D eigenvalue weighted by molar-refractivity contribution is 5.74. The first-order chi connectivity index (χ1) is 16.9. The first-order valence-corrected chi connectivity index (χ1v) is 11.9. The quantitative estimate of drug-likeness (QED) is 0.497. The summed E-state index contributed by atoms with van der Waals surface area (Å²) >= 11 is 0. The van der Waals surface area contributed by atoms with E-state index >= 15 is 0 Å². The summed E-state index contributed by atoms with van der Waals surface area (Å²) in [6.45, 7) is 6.30. The maximum absolute atomic E-state index is 14.9. The Balaban J connectivity index is 1.41. The van der Waals surface area contributed by atoms with Gasteiger partial charge in [0.2, 0.25) is 0 Å². The Morgan fingerprint density at radius 1 is 1.06 bits per heavy atom. The van der Waals surface area contributed by atoms with Gasteiger partial charge in [-0.1, -0.05) is 6.07 Å². The van der Waals surface area contributed by atoms with Crippen molar-refractivity contribution in [2.75, 3.05) is 36.6 Å². The number of nitrogens with one attached hydrogen (secondary N) is 1. The van der Waals surface area contributed by atoms with E-state index in [1.165, 1.54) is 12.1 Å². The highest BCUT2D eigenvalue weighted by Crippen LogP contribution is 2.39. The molecule has 184 valence electrons. The largest absolute Gasteiger partial charge is 0.486 e. The van der Waals surface area contributed by atoms with Crippen molar-refractivity contribution in [3.05, 3.63) is 71.3 Å². The summed E-state index contributed by atoms with van der Waals surface area (Å²) in [5, 5.41) is 3.16. The molecule has 0 spiro atoms. The fraction of sp³-hybridized carbons (Fsp3) is 0.370. The van der Waals surface area contributed by atoms with Gasteiger partial charge in [0.05, 0.1) is 36.8 Å². The highest BCUT2D eigenvalue weighted by Gasteiger charge is 2.25. The Hall–Kier alpha value is -3.26. The average Bonchev–Trinajstić information content (AvgIpc) is 3.35. The summed E-state index contributed by atoms with van der Waals surface area (Å²) < 4.78 is 55.3. The first-order valence-electron chi connectivity index (χ1n) is 11.9. The van der Waals surface area contributed by atoms with Crippen LogP contribution in [-0.2, 0) is 11.2 Å². The topological polar surface area (TPSA) is 46.6 Å². The molecule has 3 aromatic rings. The molecule has 2 aromatic carbocycles. The summed E-state index contributed by atoms with van der Waals surface area (Å²) in [5.41, 5.74) is 2.95. The fourth-order valence-corrected chi connectivity index (χ4v) is 4.66. The average molecular weight is 484 g/mol. The number of anilines is 2. The fourth-order valence-electron chi connectivity index (χ4n) is 4.66. The van der Waals surface area contributed by atoms with Crippen molar-refractivity contribution < 1.29 is 22.6 Å². The van der Waals surface area contributed by atoms with Gasteiger partial charge in [0.15, 0.2) is 11.6 Å². The van der Waals surface area contributed by atoms with Crippen LogP contribution in [0.2, 0.25) is 0 Å². The van der Waals surface area contributed by atoms with E-state index in [4.69, 9.17) is 9.47 Å². The zero-order chi connectivity index (χ0) is 24.5. The van der Waals surface area contributed by atoms with Crippen LogP contribution in [0.25, 0.3) is 11.1 Å². The van der Waals surface area contributed by atoms with Crippen LogP contribution in [0.4, 0.5) is 24.5 Å². The number of ether oxygens (including phenoxy) is 2. The monoisotopic (exact) mass is 483 g/mol. The van der Waals surface area contributed by atoms with Gasteiger partial charge < -0.3 is 19.7 Å². The lowest BCUT2D eigenvalue weighted by Gasteiger charge is -2.35. The van der Waals surface area contributed by atoms with Crippen LogP contribution in [-0.4, -0.2) is 43.4 Å². The predicted molar refractivity (Wildman–Crippen MR) is 130 cm³/mol. The van der Waals surface area contributed by atoms with Crippen LogP contribution in [0, 0.1) is 17.5 Å². The molecule has 0 aliphatic carbocycles. The van der Waals surface area contributed by atoms with Crippen LogP contribution in [0.3, 0.4) is 0 Å². The van der Waals surface area contributed by atoms with Crippen molar-refractivity contribution in [3.63, 3.8) is 0 Å². The van der Waals surface area contributed by atoms with Gasteiger partial charge in [-0.15, -0.1) is 0 Å². The summed E-state index contributed by atoms with van der Waals surface area (Å²) in [7, 11) is 0. The van der Waals surface area contributed by atoms with E-state index in [0.717, 1.165) is 12.6 Å². The molecule has 2 aliphatic heterocycles. The van der Waals surface area contributed by atoms with Gasteiger partial charge in [-0.25, -0.2) is 13.2 Å². The van der Waals surface area contributed by atoms with Crippen molar-refractivity contribution in [1.82, 2.24) is 4.98 Å². The van der Waals surface area contributed by atoms with E-state index in [-0.39, 0.29) is 29.2 Å². The summed E-state index contributed by atoms with van der Waals surface area (Å²) in [4.78, 5) is 6.23. The minimum Gasteiger partial charge on any atom is -0.486 e. The lowest BCUT2D eigenvalue weighted by atomic mass is 10.0. The number of nitrogens with zero attached hydrogens (tertiary/aromatic N) is 2. The molecule has 2 aliphatic rings. The first kappa shape index (κ1) is 23.5. The molecule has 1 fully saturated rings. The lowest BCUT2D eigenvalue weighted by molar-refractivity contribution is 0.195. The summed E-state index contributed by atoms with van der Waals surface area (Å²) in [5.74, 6) is -1.25. The van der Waals surface area contributed by atoms with Gasteiger partial charge in [-0.2, -0.15) is 0 Å². The van der Waals surface area contributed by atoms with Gasteiger partial charge >= 0.3 is 0 Å². The van der Waals surface area contributed by atoms with Crippen LogP contribution in [0.15, 0.2) is 42.6 Å². The molecular weight excluding hydrogens is 455 g/mol. The Morgan fingerprint density at radius 3 is 2.66 bits per heavy atom. The maximum Gasteiger partial charge on any atom is 0.178 e. The Labute approximate surface area is 202 Å². The third-order valence-corrected chi connectivity index (χ3v) is 6.47. The molecule has 0 radical (unpaired) electrons. The van der Waals surface area contributed by atoms with Crippen LogP contribution >= 0.6 is 0 Å². The van der Waals surface area contributed by atoms with Crippen molar-refractivity contribution in [3.8, 4) is 16.9 Å². The molecule has 8 heteroatoms. The zero-order valence-electron chi connectivity index (χ0n) is 19.8. The second kappa shape index (κ2) is 9.77. The van der Waals surface area contributed by atoms with Crippen LogP contribution < -0.4 is 15.0 Å². The van der Waals surface area contributed by atoms with Crippen molar-refractivity contribution in [2.24, 2.45) is 0 Å². The van der Waals surface area contributed by atoms with Gasteiger partial charge in [0, 0.05) is 30.3 Å². The molecule has 5 nitrogen and oxygen atoms in total. The smallest absolute Gasteiger partial charge is 0.178 e. The molecule has 1 unspecified atom stereocenters. The van der Waals surface area contributed by atoms with Gasteiger partial charge in [0.25, 0.3) is 0 Å². The molecule has 1 aromatic heterocycles. The summed E-state index contributed by atoms with van der Waals surface area (Å²) in [6, 6.07) is 9.86. The molecule has 1 saturated heterocycles. The standard InChI is InChI=1S/C27H28F3N3O2/c1-16(2)33-6-8-35-27-23(29)11-18(12-26(27)33)21-13-20(31-14-24(21)30)9-17-3-4-25(22(28)10-17)32-19-5-7-34-15-19/h3-4,10-14,16,19,32H,5-9,15H2,1-2H3. The van der Waals surface area contributed by atoms with Gasteiger partial charge in [-0.05, 0) is 61.7 Å². The molecule has 3 heterocycles. The number of fused-ring (bicyclic) bond motifs is 1. The third kappa shape index (κ3) is 4.93. The Kier molecular flexibility index (Phi) is 6.56. The number of hydrogen-bond donors (Lipinski definition) is 1. The van der Waals surface area contributed by atoms with E-state index in [1.807, 2.05) is 24.8 Å². The normalized spacial score (nSPS) is 17.4. The van der Waals surface area contributed by atoms with E-state index in [0.29, 0.717) is 61.0 Å². The van der Waals surface area contributed by atoms with Crippen molar-refractivity contribution in [1.29, 1.82) is 0 Å². The second-order valence-electron chi connectivity index (χ2n) is 9.29. The molecule has 0 saturated carbocycles. The van der Waals surface area contributed by atoms with E-state index in [1.54, 1.807) is 18.2 Å². The molecule has 0 amide bonds. The van der Waals surface area contributed by atoms with Crippen molar-refractivity contribution >= 4 is 11.4 Å². The molecule has 35 heavy (non-hydrogen) atoms. The lowest BCUT2D eigenvalue weighted by Crippen LogP contribution is -2.38. The second-order valence-corrected chi connectivity index (χ2v) is 9.29.